The summed E-state index contributed by atoms with van der Waals surface area (Å²) >= 11 is 0. The molecule has 1 saturated heterocycles. The van der Waals surface area contributed by atoms with Crippen molar-refractivity contribution in [3.63, 3.8) is 0 Å². The first-order valence-electron chi connectivity index (χ1n) is 39.2. The number of phenolic OH excluding ortho intramolecular Hbond substituents is 1. The Morgan fingerprint density at radius 1 is 0.384 bits per heavy atom. The molecule has 46 heteroatoms. The average Bonchev–Trinajstić information content (AvgIpc) is 0.829. The fourth-order valence-corrected chi connectivity index (χ4v) is 13.1. The third kappa shape index (κ3) is 36.7. The van der Waals surface area contributed by atoms with Crippen LogP contribution in [0.25, 0.3) is 10.8 Å². The van der Waals surface area contributed by atoms with Gasteiger partial charge in [-0.1, -0.05) is 54.6 Å². The number of benzene rings is 4. The molecule has 4 aromatic carbocycles. The van der Waals surface area contributed by atoms with Gasteiger partial charge in [-0.05, 0) is 104 Å². The van der Waals surface area contributed by atoms with Gasteiger partial charge in [-0.15, -0.1) is 0 Å². The largest absolute Gasteiger partial charge is 0.508 e. The van der Waals surface area contributed by atoms with Crippen molar-refractivity contribution in [3.05, 3.63) is 113 Å². The van der Waals surface area contributed by atoms with Gasteiger partial charge in [0, 0.05) is 110 Å². The van der Waals surface area contributed by atoms with Crippen molar-refractivity contribution in [2.75, 3.05) is 98.7 Å². The summed E-state index contributed by atoms with van der Waals surface area (Å²) in [4.78, 5) is 263. The molecule has 0 aliphatic carbocycles. The summed E-state index contributed by atoms with van der Waals surface area (Å²) in [6.07, 6.45) is -6.22. The van der Waals surface area contributed by atoms with E-state index in [-0.39, 0.29) is 116 Å². The Kier molecular flexibility index (Phi) is 41.5. The highest BCUT2D eigenvalue weighted by Crippen LogP contribution is 2.21. The van der Waals surface area contributed by atoms with Gasteiger partial charge >= 0.3 is 71.7 Å². The third-order valence-electron chi connectivity index (χ3n) is 19.8. The number of carboxylic acids is 11. The number of carboxylic acid groups (broad SMARTS) is 11. The molecule has 8 atom stereocenters. The molecule has 0 bridgehead atoms. The monoisotopic (exact) mass is 1760 g/mol. The number of carbonyl (C=O) groups is 20. The van der Waals surface area contributed by atoms with Crippen LogP contribution in [0.3, 0.4) is 0 Å². The molecule has 0 radical (unpaired) electrons. The summed E-state index contributed by atoms with van der Waals surface area (Å²) in [6, 6.07) is 5.18. The van der Waals surface area contributed by atoms with Crippen molar-refractivity contribution in [2.24, 2.45) is 0 Å². The van der Waals surface area contributed by atoms with Gasteiger partial charge in [0.15, 0.2) is 0 Å². The van der Waals surface area contributed by atoms with Crippen LogP contribution in [0.4, 0.5) is 4.79 Å². The number of rotatable bonds is 51. The highest BCUT2D eigenvalue weighted by atomic mass is 16.4. The minimum Gasteiger partial charge on any atom is -0.508 e. The van der Waals surface area contributed by atoms with Crippen LogP contribution in [0.5, 0.6) is 5.75 Å². The number of aliphatic carboxylic acids is 9. The number of carbonyl (C=O) groups excluding carboxylic acids is 9. The van der Waals surface area contributed by atoms with Gasteiger partial charge in [-0.25, -0.2) is 33.6 Å². The molecule has 125 heavy (non-hydrogen) atoms. The zero-order valence-corrected chi connectivity index (χ0v) is 67.8. The number of aromatic hydroxyl groups is 1. The van der Waals surface area contributed by atoms with Gasteiger partial charge in [0.05, 0.1) is 43.7 Å². The number of amides is 10. The Morgan fingerprint density at radius 2 is 0.856 bits per heavy atom. The Labute approximate surface area is 712 Å². The molecular formula is C79H102N14O32. The van der Waals surface area contributed by atoms with Gasteiger partial charge in [0.2, 0.25) is 41.4 Å². The minimum atomic E-state index is -1.86. The van der Waals surface area contributed by atoms with E-state index in [2.05, 4.69) is 37.2 Å². The third-order valence-corrected chi connectivity index (χ3v) is 19.8. The second-order valence-corrected chi connectivity index (χ2v) is 29.2. The molecule has 1 aliphatic rings. The molecule has 680 valence electrons. The number of nitrogens with one attached hydrogen (secondary N) is 9. The Morgan fingerprint density at radius 3 is 1.38 bits per heavy atom. The minimum absolute atomic E-state index is 0.0356. The molecule has 1 aliphatic heterocycles. The highest BCUT2D eigenvalue weighted by molar-refractivity contribution is 6.04. The molecule has 0 aromatic heterocycles. The molecule has 4 aromatic rings. The molecule has 1 unspecified atom stereocenters. The topological polar surface area (TPSA) is 709 Å². The number of likely N-dealkylation sites (N-methyl/N-ethyl adjacent to an activating group) is 1. The van der Waals surface area contributed by atoms with E-state index in [1.165, 1.54) is 50.9 Å². The summed E-state index contributed by atoms with van der Waals surface area (Å²) in [5.74, 6) is -24.5. The number of hydrogen-bond donors (Lipinski definition) is 21. The molecule has 0 spiro atoms. The van der Waals surface area contributed by atoms with Crippen LogP contribution < -0.4 is 47.9 Å². The summed E-state index contributed by atoms with van der Waals surface area (Å²) in [5.41, 5.74) is -1.10. The summed E-state index contributed by atoms with van der Waals surface area (Å²) in [6.45, 7) is -3.01. The fraction of sp³-hybridized carbons (Fsp3) is 0.468. The SMILES string of the molecule is CN(C(=O)CNC(=O)CCC(C(=O)O)N1CCN(CC(=O)O)CCN(CC(=O)O)CCN(CC(=O)O)CC1)[C@H](Cc1ccc(O)cc1)C(=O)N[C@H](Cc1ccc2ccccc2c1)C(=O)N[C@H](CCCCNC(=O)[C@@H](CC(=O)NCCC[C@H](NC(=O)CC[C@H](NC(=O)N[C@@H](CCC(=O)O)C(=O)O)C(=O)O)C(=O)O)NC(=O)c1cc(C(=O)O)cc(C(=O)O)c1)C(=O)O. The normalized spacial score (nSPS) is 14.8. The van der Waals surface area contributed by atoms with E-state index in [0.717, 1.165) is 28.5 Å². The fourth-order valence-electron chi connectivity index (χ4n) is 13.1. The van der Waals surface area contributed by atoms with Crippen LogP contribution in [-0.2, 0) is 89.6 Å². The number of unbranched alkanes of at least 4 members (excludes halogenated alkanes) is 1. The Hall–Kier alpha value is -14.0. The van der Waals surface area contributed by atoms with Crippen molar-refractivity contribution >= 4 is 130 Å². The van der Waals surface area contributed by atoms with Crippen LogP contribution in [0.15, 0.2) is 84.9 Å². The lowest BCUT2D eigenvalue weighted by Crippen LogP contribution is -2.57. The van der Waals surface area contributed by atoms with Crippen molar-refractivity contribution in [1.29, 1.82) is 0 Å². The number of phenols is 1. The predicted molar refractivity (Wildman–Crippen MR) is 431 cm³/mol. The number of fused-ring (bicyclic) bond motifs is 1. The van der Waals surface area contributed by atoms with Crippen LogP contribution in [-0.4, -0.2) is 352 Å². The van der Waals surface area contributed by atoms with E-state index < -0.39 is 255 Å². The van der Waals surface area contributed by atoms with E-state index in [1.54, 1.807) is 36.4 Å². The summed E-state index contributed by atoms with van der Waals surface area (Å²) < 4.78 is 0. The van der Waals surface area contributed by atoms with Gasteiger partial charge in [-0.2, -0.15) is 0 Å². The number of aromatic carboxylic acids is 2. The van der Waals surface area contributed by atoms with E-state index >= 15 is 0 Å². The standard InChI is InChI=1S/C79H102N14O32/c1-89(63(98)40-82-60(95)21-19-58(78(123)124)93-31-29-91(42-66(103)104)27-25-90(41-65(101)102)26-28-92(30-32-93)43-67(105)106)59(35-44-12-15-51(94)16-13-44)71(110)86-56(34-45-11-14-46-7-2-3-8-47(46)33-45)70(109)84-53(75(117)118)9-4-5-23-81-69(108)57(85-68(107)48-36-49(72(111)112)38-50(37-48)73(113)114)39-62(97)80-24-6-10-52(74(115)116)83-61(96)20-17-54(76(119)120)87-79(125)88-55(77(121)122)18-22-64(99)100/h2-3,7-8,11-16,33,36-38,52-59,94H,4-6,9-10,17-32,34-35,39-43H2,1H3,(H,80,97)(H,81,108)(H,82,95)(H,83,96)(H,84,109)(H,85,107)(H,86,110)(H,99,100)(H,101,102)(H,103,104)(H,105,106)(H,111,112)(H,113,114)(H,115,116)(H,117,118)(H,119,120)(H,121,122)(H,123,124)(H2,87,88,125)/t52-,53+,54-,55-,56+,57+,58?,59+/m0/s1. The molecule has 0 saturated carbocycles. The van der Waals surface area contributed by atoms with Gasteiger partial charge in [0.1, 0.15) is 54.1 Å². The molecule has 46 nitrogen and oxygen atoms in total. The molecule has 10 amide bonds. The molecule has 1 fully saturated rings. The molecule has 21 N–H and O–H groups in total. The molecule has 5 rings (SSSR count). The highest BCUT2D eigenvalue weighted by Gasteiger charge is 2.36. The first kappa shape index (κ1) is 102. The van der Waals surface area contributed by atoms with Crippen LogP contribution in [0.1, 0.15) is 119 Å². The van der Waals surface area contributed by atoms with Crippen LogP contribution in [0, 0.1) is 0 Å². The number of hydrogen-bond acceptors (Lipinski definition) is 25. The van der Waals surface area contributed by atoms with Crippen molar-refractivity contribution in [3.8, 4) is 5.75 Å². The van der Waals surface area contributed by atoms with Gasteiger partial charge < -0.3 is 114 Å². The van der Waals surface area contributed by atoms with Crippen LogP contribution in [0.2, 0.25) is 0 Å². The van der Waals surface area contributed by atoms with E-state index in [0.29, 0.717) is 16.5 Å². The first-order chi connectivity index (χ1) is 59.0. The second-order valence-electron chi connectivity index (χ2n) is 29.2. The van der Waals surface area contributed by atoms with Crippen molar-refractivity contribution in [2.45, 2.75) is 138 Å². The quantitative estimate of drug-likeness (QED) is 0.0199. The maximum absolute atomic E-state index is 14.9. The van der Waals surface area contributed by atoms with Crippen molar-refractivity contribution < 1.29 is 157 Å². The molecule has 1 heterocycles. The van der Waals surface area contributed by atoms with E-state index in [9.17, 15) is 152 Å². The Balaban J connectivity index is 1.28. The van der Waals surface area contributed by atoms with Crippen molar-refractivity contribution in [1.82, 2.24) is 72.4 Å². The van der Waals surface area contributed by atoms with Crippen LogP contribution >= 0.6 is 0 Å². The average molecular weight is 1760 g/mol. The Bertz CT molecular complexity index is 4510. The summed E-state index contributed by atoms with van der Waals surface area (Å²) in [5, 5.41) is 139. The number of urea groups is 1. The zero-order valence-electron chi connectivity index (χ0n) is 67.8. The molecular weight excluding hydrogens is 1660 g/mol. The number of nitrogens with zero attached hydrogens (tertiary/aromatic N) is 5. The maximum Gasteiger partial charge on any atom is 0.335 e. The lowest BCUT2D eigenvalue weighted by atomic mass is 9.99. The predicted octanol–water partition coefficient (Wildman–Crippen LogP) is -2.78. The van der Waals surface area contributed by atoms with E-state index in [4.69, 9.17) is 5.11 Å². The zero-order chi connectivity index (χ0) is 92.7. The first-order valence-corrected chi connectivity index (χ1v) is 39.2. The maximum atomic E-state index is 14.9. The lowest BCUT2D eigenvalue weighted by molar-refractivity contribution is -0.145. The second kappa shape index (κ2) is 51.0. The van der Waals surface area contributed by atoms with Gasteiger partial charge in [-0.3, -0.25) is 81.9 Å². The smallest absolute Gasteiger partial charge is 0.335 e. The lowest BCUT2D eigenvalue weighted by Gasteiger charge is -2.35. The van der Waals surface area contributed by atoms with E-state index in [1.807, 2.05) is 16.7 Å². The summed E-state index contributed by atoms with van der Waals surface area (Å²) in [7, 11) is 1.21. The van der Waals surface area contributed by atoms with Gasteiger partial charge in [0.25, 0.3) is 5.91 Å².